The molecule has 132 valence electrons. The Balaban J connectivity index is 0. The van der Waals surface area contributed by atoms with Crippen LogP contribution in [0.1, 0.15) is 59.3 Å². The molecule has 0 aliphatic heterocycles. The minimum absolute atomic E-state index is 0.157. The lowest BCUT2D eigenvalue weighted by Crippen LogP contribution is -2.30. The van der Waals surface area contributed by atoms with Crippen molar-refractivity contribution >= 4 is 6.09 Å². The Labute approximate surface area is 140 Å². The molecule has 0 unspecified atom stereocenters. The third kappa shape index (κ3) is 25.6. The highest BCUT2D eigenvalue weighted by molar-refractivity contribution is 5.67. The van der Waals surface area contributed by atoms with Crippen LogP contribution in [-0.4, -0.2) is 42.2 Å². The predicted octanol–water partition coefficient (Wildman–Crippen LogP) is 2.46. The fourth-order valence-electron chi connectivity index (χ4n) is 1.27. The molecule has 0 radical (unpaired) electrons. The molecule has 23 heavy (non-hydrogen) atoms. The van der Waals surface area contributed by atoms with Gasteiger partial charge in [-0.1, -0.05) is 11.8 Å². The monoisotopic (exact) mass is 325 g/mol. The van der Waals surface area contributed by atoms with Crippen molar-refractivity contribution in [2.45, 2.75) is 65.3 Å². The lowest BCUT2D eigenvalue weighted by Gasteiger charge is -2.06. The van der Waals surface area contributed by atoms with Crippen LogP contribution in [0.3, 0.4) is 0 Å². The Morgan fingerprint density at radius 3 is 1.83 bits per heavy atom. The van der Waals surface area contributed by atoms with Gasteiger partial charge in [0.25, 0.3) is 0 Å². The first-order valence-electron chi connectivity index (χ1n) is 8.19. The molecule has 0 aliphatic carbocycles. The number of carbonyl (C=O) groups excluding carboxylic acids is 1. The van der Waals surface area contributed by atoms with E-state index in [-0.39, 0.29) is 25.3 Å². The minimum Gasteiger partial charge on any atom is -0.450 e. The first-order chi connectivity index (χ1) is 11.1. The van der Waals surface area contributed by atoms with Crippen LogP contribution in [-0.2, 0) is 4.74 Å². The third-order valence-corrected chi connectivity index (χ3v) is 2.34. The standard InChI is InChI=1S/C12H18O2.C6H13NO2/c13-11-9-7-5-3-1-2-4-6-8-10-12-14;1-4-9-6(8)7-5(2)3/h13-14H,5-12H2;5H,4H2,1-3H3,(H,7,8). The highest BCUT2D eigenvalue weighted by atomic mass is 16.5. The number of hydrogen-bond acceptors (Lipinski definition) is 4. The van der Waals surface area contributed by atoms with E-state index >= 15 is 0 Å². The van der Waals surface area contributed by atoms with Gasteiger partial charge < -0.3 is 20.3 Å². The maximum absolute atomic E-state index is 10.5. The van der Waals surface area contributed by atoms with Crippen LogP contribution in [0.15, 0.2) is 0 Å². The van der Waals surface area contributed by atoms with Crippen molar-refractivity contribution in [3.05, 3.63) is 0 Å². The minimum atomic E-state index is -0.340. The molecule has 5 nitrogen and oxygen atoms in total. The molecular formula is C18H31NO4. The van der Waals surface area contributed by atoms with Gasteiger partial charge in [-0.25, -0.2) is 4.79 Å². The summed E-state index contributed by atoms with van der Waals surface area (Å²) < 4.78 is 4.60. The van der Waals surface area contributed by atoms with Crippen LogP contribution in [0.5, 0.6) is 0 Å². The summed E-state index contributed by atoms with van der Waals surface area (Å²) in [5, 5.41) is 19.6. The molecule has 0 fully saturated rings. The number of carbonyl (C=O) groups is 1. The van der Waals surface area contributed by atoms with Gasteiger partial charge in [-0.05, 0) is 58.3 Å². The lowest BCUT2D eigenvalue weighted by molar-refractivity contribution is 0.149. The zero-order chi connectivity index (χ0) is 17.8. The molecule has 3 N–H and O–H groups in total. The summed E-state index contributed by atoms with van der Waals surface area (Å²) in [5.74, 6) is 11.4. The normalized spacial score (nSPS) is 8.78. The van der Waals surface area contributed by atoms with E-state index < -0.39 is 0 Å². The Kier molecular flexibility index (Phi) is 20.8. The van der Waals surface area contributed by atoms with E-state index in [0.29, 0.717) is 6.61 Å². The molecule has 0 aromatic heterocycles. The topological polar surface area (TPSA) is 78.8 Å². The smallest absolute Gasteiger partial charge is 0.407 e. The van der Waals surface area contributed by atoms with Gasteiger partial charge in [0, 0.05) is 32.1 Å². The second kappa shape index (κ2) is 20.3. The second-order valence-corrected chi connectivity index (χ2v) is 4.98. The molecule has 0 aromatic carbocycles. The summed E-state index contributed by atoms with van der Waals surface area (Å²) in [6.07, 6.45) is 4.80. The summed E-state index contributed by atoms with van der Waals surface area (Å²) in [6, 6.07) is 0.157. The van der Waals surface area contributed by atoms with Crippen molar-refractivity contribution < 1.29 is 19.7 Å². The summed E-state index contributed by atoms with van der Waals surface area (Å²) in [5.41, 5.74) is 0. The summed E-state index contributed by atoms with van der Waals surface area (Å²) in [6.45, 7) is 6.47. The van der Waals surface area contributed by atoms with E-state index in [2.05, 4.69) is 33.7 Å². The van der Waals surface area contributed by atoms with Crippen molar-refractivity contribution in [1.82, 2.24) is 5.32 Å². The van der Waals surface area contributed by atoms with E-state index in [1.54, 1.807) is 6.92 Å². The van der Waals surface area contributed by atoms with Crippen molar-refractivity contribution in [1.29, 1.82) is 0 Å². The van der Waals surface area contributed by atoms with Gasteiger partial charge in [0.05, 0.1) is 6.61 Å². The van der Waals surface area contributed by atoms with E-state index in [1.807, 2.05) is 13.8 Å². The van der Waals surface area contributed by atoms with Crippen molar-refractivity contribution in [2.75, 3.05) is 19.8 Å². The third-order valence-electron chi connectivity index (χ3n) is 2.34. The van der Waals surface area contributed by atoms with Crippen molar-refractivity contribution in [3.63, 3.8) is 0 Å². The number of hydrogen-bond donors (Lipinski definition) is 3. The Morgan fingerprint density at radius 2 is 1.48 bits per heavy atom. The number of aliphatic hydroxyl groups is 2. The Morgan fingerprint density at radius 1 is 1.00 bits per heavy atom. The predicted molar refractivity (Wildman–Crippen MR) is 92.7 cm³/mol. The average molecular weight is 325 g/mol. The highest BCUT2D eigenvalue weighted by Crippen LogP contribution is 1.92. The van der Waals surface area contributed by atoms with Gasteiger partial charge >= 0.3 is 6.09 Å². The molecule has 0 saturated heterocycles. The summed E-state index contributed by atoms with van der Waals surface area (Å²) in [4.78, 5) is 10.5. The average Bonchev–Trinajstić information content (AvgIpc) is 2.49. The molecule has 0 saturated carbocycles. The molecule has 0 heterocycles. The van der Waals surface area contributed by atoms with Crippen LogP contribution < -0.4 is 5.32 Å². The molecule has 0 rings (SSSR count). The van der Waals surface area contributed by atoms with Gasteiger partial charge in [-0.2, -0.15) is 0 Å². The molecule has 5 heteroatoms. The van der Waals surface area contributed by atoms with Crippen LogP contribution in [0.25, 0.3) is 0 Å². The number of nitrogens with one attached hydrogen (secondary N) is 1. The largest absolute Gasteiger partial charge is 0.450 e. The van der Waals surface area contributed by atoms with Crippen LogP contribution in [0.2, 0.25) is 0 Å². The fourth-order valence-corrected chi connectivity index (χ4v) is 1.27. The summed E-state index contributed by atoms with van der Waals surface area (Å²) >= 11 is 0. The first-order valence-corrected chi connectivity index (χ1v) is 8.19. The lowest BCUT2D eigenvalue weighted by atomic mass is 10.2. The quantitative estimate of drug-likeness (QED) is 0.473. The maximum Gasteiger partial charge on any atom is 0.407 e. The van der Waals surface area contributed by atoms with Gasteiger partial charge in [-0.15, -0.1) is 0 Å². The Bertz CT molecular complexity index is 359. The van der Waals surface area contributed by atoms with Crippen molar-refractivity contribution in [3.8, 4) is 23.7 Å². The van der Waals surface area contributed by atoms with Gasteiger partial charge in [0.2, 0.25) is 0 Å². The second-order valence-electron chi connectivity index (χ2n) is 4.98. The van der Waals surface area contributed by atoms with E-state index in [1.165, 1.54) is 0 Å². The molecular weight excluding hydrogens is 294 g/mol. The first kappa shape index (κ1) is 23.6. The van der Waals surface area contributed by atoms with Crippen LogP contribution in [0, 0.1) is 23.7 Å². The summed E-state index contributed by atoms with van der Waals surface area (Å²) in [7, 11) is 0. The van der Waals surface area contributed by atoms with Crippen LogP contribution >= 0.6 is 0 Å². The fraction of sp³-hybridized carbons (Fsp3) is 0.722. The molecule has 0 aromatic rings. The van der Waals surface area contributed by atoms with Gasteiger partial charge in [0.1, 0.15) is 0 Å². The molecule has 1 amide bonds. The number of amides is 1. The van der Waals surface area contributed by atoms with E-state index in [4.69, 9.17) is 10.2 Å². The maximum atomic E-state index is 10.5. The van der Waals surface area contributed by atoms with Crippen LogP contribution in [0.4, 0.5) is 4.79 Å². The molecule has 0 aliphatic rings. The molecule has 0 bridgehead atoms. The number of unbranched alkanes of at least 4 members (excludes halogenated alkanes) is 4. The number of ether oxygens (including phenoxy) is 1. The zero-order valence-electron chi connectivity index (χ0n) is 14.7. The number of aliphatic hydroxyl groups excluding tert-OH is 2. The highest BCUT2D eigenvalue weighted by Gasteiger charge is 1.99. The van der Waals surface area contributed by atoms with E-state index in [9.17, 15) is 4.79 Å². The van der Waals surface area contributed by atoms with E-state index in [0.717, 1.165) is 38.5 Å². The molecule has 0 spiro atoms. The zero-order valence-corrected chi connectivity index (χ0v) is 14.7. The number of alkyl carbamates (subject to hydrolysis) is 1. The Hall–Kier alpha value is -1.69. The van der Waals surface area contributed by atoms with Crippen molar-refractivity contribution in [2.24, 2.45) is 0 Å². The number of rotatable bonds is 8. The van der Waals surface area contributed by atoms with Gasteiger partial charge in [-0.3, -0.25) is 0 Å². The molecule has 0 atom stereocenters. The van der Waals surface area contributed by atoms with Gasteiger partial charge in [0.15, 0.2) is 0 Å². The SMILES string of the molecule is CCOC(=O)NC(C)C.OCCCCC#CC#CCCCCO.